The second-order valence-corrected chi connectivity index (χ2v) is 14.5. The number of hydrogen-bond donors (Lipinski definition) is 2. The lowest BCUT2D eigenvalue weighted by Gasteiger charge is -2.62. The Balaban J connectivity index is 1.06. The number of amides is 1. The van der Waals surface area contributed by atoms with E-state index in [4.69, 9.17) is 0 Å². The number of rotatable bonds is 5. The number of aliphatic hydroxyl groups is 2. The molecule has 1 aromatic rings. The molecule has 216 valence electrons. The van der Waals surface area contributed by atoms with Crippen molar-refractivity contribution in [1.82, 2.24) is 9.88 Å². The molecule has 1 aromatic heterocycles. The average molecular weight is 538 g/mol. The average Bonchev–Trinajstić information content (AvgIpc) is 3.32. The molecule has 2 heterocycles. The molecular weight excluding hydrogens is 486 g/mol. The van der Waals surface area contributed by atoms with Gasteiger partial charge in [-0.05, 0) is 116 Å². The van der Waals surface area contributed by atoms with Gasteiger partial charge in [0.15, 0.2) is 0 Å². The van der Waals surface area contributed by atoms with Crippen LogP contribution >= 0.6 is 0 Å². The van der Waals surface area contributed by atoms with Crippen LogP contribution in [0.1, 0.15) is 85.0 Å². The first-order valence-corrected chi connectivity index (χ1v) is 16.0. The lowest BCUT2D eigenvalue weighted by molar-refractivity contribution is -0.175. The van der Waals surface area contributed by atoms with E-state index < -0.39 is 0 Å². The van der Waals surface area contributed by atoms with Crippen molar-refractivity contribution in [3.63, 3.8) is 0 Å². The first kappa shape index (κ1) is 27.5. The highest BCUT2D eigenvalue weighted by Crippen LogP contribution is 2.68. The van der Waals surface area contributed by atoms with Gasteiger partial charge in [0.05, 0.1) is 12.2 Å². The van der Waals surface area contributed by atoms with Crippen molar-refractivity contribution in [2.75, 3.05) is 31.1 Å². The Morgan fingerprint density at radius 2 is 1.82 bits per heavy atom. The van der Waals surface area contributed by atoms with Gasteiger partial charge in [-0.3, -0.25) is 4.79 Å². The molecule has 2 N–H and O–H groups in total. The number of hydrogen-bond acceptors (Lipinski definition) is 5. The summed E-state index contributed by atoms with van der Waals surface area (Å²) < 4.78 is 0. The van der Waals surface area contributed by atoms with Crippen LogP contribution in [0.4, 0.5) is 5.82 Å². The number of carbonyl (C=O) groups is 1. The zero-order valence-electron chi connectivity index (χ0n) is 24.5. The maximum atomic E-state index is 13.2. The highest BCUT2D eigenvalue weighted by Gasteiger charge is 2.63. The molecule has 10 unspecified atom stereocenters. The Morgan fingerprint density at radius 1 is 1.03 bits per heavy atom. The maximum absolute atomic E-state index is 13.2. The minimum absolute atomic E-state index is 0.0324. The van der Waals surface area contributed by atoms with Crippen LogP contribution in [0.2, 0.25) is 0 Å². The van der Waals surface area contributed by atoms with Crippen LogP contribution in [0.15, 0.2) is 24.4 Å². The van der Waals surface area contributed by atoms with Gasteiger partial charge >= 0.3 is 0 Å². The van der Waals surface area contributed by atoms with Gasteiger partial charge in [-0.25, -0.2) is 4.98 Å². The molecule has 5 aliphatic rings. The summed E-state index contributed by atoms with van der Waals surface area (Å²) in [7, 11) is 0. The van der Waals surface area contributed by atoms with Crippen molar-refractivity contribution < 1.29 is 15.0 Å². The lowest BCUT2D eigenvalue weighted by Crippen LogP contribution is -2.58. The summed E-state index contributed by atoms with van der Waals surface area (Å²) in [5.74, 6) is 4.75. The van der Waals surface area contributed by atoms with E-state index in [0.717, 1.165) is 64.1 Å². The molecule has 6 rings (SSSR count). The summed E-state index contributed by atoms with van der Waals surface area (Å²) in [6.07, 6.45) is 11.9. The maximum Gasteiger partial charge on any atom is 0.222 e. The van der Waals surface area contributed by atoms with Crippen molar-refractivity contribution in [1.29, 1.82) is 0 Å². The minimum atomic E-state index is -0.253. The second kappa shape index (κ2) is 10.6. The quantitative estimate of drug-likeness (QED) is 0.544. The summed E-state index contributed by atoms with van der Waals surface area (Å²) in [4.78, 5) is 22.0. The van der Waals surface area contributed by atoms with Crippen LogP contribution in [0.3, 0.4) is 0 Å². The highest BCUT2D eigenvalue weighted by molar-refractivity contribution is 5.76. The Hall–Kier alpha value is -1.66. The van der Waals surface area contributed by atoms with Gasteiger partial charge in [0.1, 0.15) is 5.82 Å². The van der Waals surface area contributed by atoms with Gasteiger partial charge in [-0.1, -0.05) is 26.8 Å². The number of aliphatic hydroxyl groups excluding tert-OH is 2. The molecule has 0 radical (unpaired) electrons. The Bertz CT molecular complexity index is 1010. The lowest BCUT2D eigenvalue weighted by atomic mass is 9.43. The molecule has 5 fully saturated rings. The first-order valence-electron chi connectivity index (χ1n) is 16.0. The monoisotopic (exact) mass is 537 g/mol. The number of fused-ring (bicyclic) bond motifs is 5. The van der Waals surface area contributed by atoms with Crippen molar-refractivity contribution in [2.24, 2.45) is 46.3 Å². The smallest absolute Gasteiger partial charge is 0.222 e. The third-order valence-electron chi connectivity index (χ3n) is 12.9. The van der Waals surface area contributed by atoms with Crippen LogP contribution in [0.25, 0.3) is 0 Å². The Kier molecular flexibility index (Phi) is 7.50. The predicted molar refractivity (Wildman–Crippen MR) is 154 cm³/mol. The van der Waals surface area contributed by atoms with Gasteiger partial charge in [0, 0.05) is 38.8 Å². The molecule has 4 saturated carbocycles. The summed E-state index contributed by atoms with van der Waals surface area (Å²) in [6, 6.07) is 6.00. The minimum Gasteiger partial charge on any atom is -0.393 e. The van der Waals surface area contributed by atoms with E-state index in [1.165, 1.54) is 25.7 Å². The summed E-state index contributed by atoms with van der Waals surface area (Å²) in [5, 5.41) is 22.2. The molecule has 1 saturated heterocycles. The number of nitrogens with zero attached hydrogens (tertiary/aromatic N) is 3. The van der Waals surface area contributed by atoms with Crippen LogP contribution < -0.4 is 4.90 Å². The van der Waals surface area contributed by atoms with E-state index >= 15 is 0 Å². The number of carbonyl (C=O) groups excluding carboxylic acids is 1. The van der Waals surface area contributed by atoms with Gasteiger partial charge in [0.2, 0.25) is 5.91 Å². The van der Waals surface area contributed by atoms with Gasteiger partial charge in [-0.2, -0.15) is 0 Å². The summed E-state index contributed by atoms with van der Waals surface area (Å²) in [6.45, 7) is 10.5. The van der Waals surface area contributed by atoms with Crippen molar-refractivity contribution in [3.05, 3.63) is 24.4 Å². The molecular formula is C33H51N3O3. The van der Waals surface area contributed by atoms with Crippen molar-refractivity contribution in [3.8, 4) is 0 Å². The molecule has 6 heteroatoms. The largest absolute Gasteiger partial charge is 0.393 e. The third kappa shape index (κ3) is 4.71. The SMILES string of the molecule is CC(CCC(=O)N1CCN(c2ccccn2)CC1)C1CCC2C3CCC4CC(O)CCC4(C)C3CC(O)C12C. The number of aromatic nitrogens is 1. The topological polar surface area (TPSA) is 76.9 Å². The van der Waals surface area contributed by atoms with Crippen molar-refractivity contribution >= 4 is 11.7 Å². The molecule has 1 amide bonds. The first-order chi connectivity index (χ1) is 18.7. The fourth-order valence-electron chi connectivity index (χ4n) is 10.6. The molecule has 10 atom stereocenters. The van der Waals surface area contributed by atoms with E-state index in [0.29, 0.717) is 41.9 Å². The molecule has 4 aliphatic carbocycles. The van der Waals surface area contributed by atoms with E-state index in [1.807, 2.05) is 29.3 Å². The predicted octanol–water partition coefficient (Wildman–Crippen LogP) is 5.14. The highest BCUT2D eigenvalue weighted by atomic mass is 16.3. The van der Waals surface area contributed by atoms with Gasteiger partial charge < -0.3 is 20.0 Å². The molecule has 6 nitrogen and oxygen atoms in total. The summed E-state index contributed by atoms with van der Waals surface area (Å²) in [5.41, 5.74) is 0.247. The standard InChI is InChI=1S/C33H51N3O3/c1-22(7-12-31(39)36-18-16-35(17-19-36)30-6-4-5-15-34-30)26-10-11-27-25-9-8-23-20-24(37)13-14-32(23,2)28(25)21-29(38)33(26,27)3/h4-6,15,22-29,37-38H,7-14,16-21H2,1-3H3. The van der Waals surface area contributed by atoms with Crippen LogP contribution in [0.5, 0.6) is 0 Å². The van der Waals surface area contributed by atoms with E-state index in [2.05, 4.69) is 30.7 Å². The molecule has 0 aromatic carbocycles. The van der Waals surface area contributed by atoms with E-state index in [1.54, 1.807) is 0 Å². The zero-order valence-corrected chi connectivity index (χ0v) is 24.5. The molecule has 39 heavy (non-hydrogen) atoms. The second-order valence-electron chi connectivity index (χ2n) is 14.5. The fraction of sp³-hybridized carbons (Fsp3) is 0.818. The summed E-state index contributed by atoms with van der Waals surface area (Å²) >= 11 is 0. The van der Waals surface area contributed by atoms with Crippen LogP contribution in [0, 0.1) is 46.3 Å². The van der Waals surface area contributed by atoms with Crippen molar-refractivity contribution in [2.45, 2.75) is 97.2 Å². The van der Waals surface area contributed by atoms with Crippen LogP contribution in [-0.4, -0.2) is 64.4 Å². The van der Waals surface area contributed by atoms with Gasteiger partial charge in [0.25, 0.3) is 0 Å². The number of pyridine rings is 1. The molecule has 0 spiro atoms. The fourth-order valence-corrected chi connectivity index (χ4v) is 10.6. The van der Waals surface area contributed by atoms with Gasteiger partial charge in [-0.15, -0.1) is 0 Å². The van der Waals surface area contributed by atoms with E-state index in [9.17, 15) is 15.0 Å². The van der Waals surface area contributed by atoms with Crippen LogP contribution in [-0.2, 0) is 4.79 Å². The number of anilines is 1. The number of piperazine rings is 1. The third-order valence-corrected chi connectivity index (χ3v) is 12.9. The Morgan fingerprint density at radius 3 is 2.56 bits per heavy atom. The zero-order chi connectivity index (χ0) is 27.4. The molecule has 1 aliphatic heterocycles. The molecule has 0 bridgehead atoms. The Labute approximate surface area is 235 Å². The van der Waals surface area contributed by atoms with E-state index in [-0.39, 0.29) is 28.9 Å². The normalized spacial score (nSPS) is 42.8.